The fourth-order valence-electron chi connectivity index (χ4n) is 2.42. The van der Waals surface area contributed by atoms with Gasteiger partial charge < -0.3 is 15.1 Å². The van der Waals surface area contributed by atoms with Crippen molar-refractivity contribution in [2.24, 2.45) is 0 Å². The van der Waals surface area contributed by atoms with Gasteiger partial charge >= 0.3 is 0 Å². The van der Waals surface area contributed by atoms with E-state index in [1.807, 2.05) is 29.2 Å². The Bertz CT molecular complexity index is 747. The molecule has 1 aromatic heterocycles. The van der Waals surface area contributed by atoms with Crippen LogP contribution in [0.5, 0.6) is 0 Å². The van der Waals surface area contributed by atoms with Gasteiger partial charge in [0.05, 0.1) is 0 Å². The van der Waals surface area contributed by atoms with E-state index in [9.17, 15) is 9.59 Å². The van der Waals surface area contributed by atoms with Crippen molar-refractivity contribution in [3.8, 4) is 0 Å². The van der Waals surface area contributed by atoms with Gasteiger partial charge in [0.15, 0.2) is 0 Å². The molecule has 0 radical (unpaired) electrons. The fraction of sp³-hybridized carbons (Fsp3) is 0.250. The van der Waals surface area contributed by atoms with Crippen LogP contribution >= 0.6 is 15.9 Å². The first kappa shape index (κ1) is 16.4. The van der Waals surface area contributed by atoms with Crippen molar-refractivity contribution in [2.45, 2.75) is 0 Å². The molecule has 124 valence electrons. The van der Waals surface area contributed by atoms with Gasteiger partial charge in [-0.05, 0) is 24.3 Å². The van der Waals surface area contributed by atoms with Gasteiger partial charge in [-0.25, -0.2) is 9.97 Å². The summed E-state index contributed by atoms with van der Waals surface area (Å²) in [5.41, 5.74) is 0.993. The predicted octanol–water partition coefficient (Wildman–Crippen LogP) is 1.77. The molecule has 0 aliphatic carbocycles. The molecule has 2 heterocycles. The number of halogens is 1. The number of aromatic nitrogens is 2. The molecule has 0 atom stereocenters. The zero-order valence-corrected chi connectivity index (χ0v) is 14.4. The second-order valence-corrected chi connectivity index (χ2v) is 6.25. The second kappa shape index (κ2) is 7.39. The molecule has 0 spiro atoms. The predicted molar refractivity (Wildman–Crippen MR) is 94.0 cm³/mol. The number of benzene rings is 1. The number of amides is 2. The number of nitrogens with one attached hydrogen (secondary N) is 1. The highest BCUT2D eigenvalue weighted by Crippen LogP contribution is 2.17. The molecule has 1 aliphatic rings. The van der Waals surface area contributed by atoms with Crippen molar-refractivity contribution < 1.29 is 9.59 Å². The van der Waals surface area contributed by atoms with Gasteiger partial charge in [-0.3, -0.25) is 9.59 Å². The van der Waals surface area contributed by atoms with Crippen LogP contribution in [0.15, 0.2) is 41.0 Å². The number of carbonyl (C=O) groups excluding carboxylic acids is 2. The maximum absolute atomic E-state index is 12.4. The Labute approximate surface area is 147 Å². The Morgan fingerprint density at radius 2 is 2.00 bits per heavy atom. The van der Waals surface area contributed by atoms with E-state index in [-0.39, 0.29) is 5.91 Å². The topological polar surface area (TPSA) is 78.4 Å². The summed E-state index contributed by atoms with van der Waals surface area (Å²) in [4.78, 5) is 35.4. The SMILES string of the molecule is O=CN1CCN(c2nccc(C(=O)Nc3cccc(Br)c3)n2)CC1. The van der Waals surface area contributed by atoms with Gasteiger partial charge in [-0.15, -0.1) is 0 Å². The number of hydrogen-bond acceptors (Lipinski definition) is 5. The molecule has 2 aromatic rings. The lowest BCUT2D eigenvalue weighted by molar-refractivity contribution is -0.118. The highest BCUT2D eigenvalue weighted by Gasteiger charge is 2.19. The van der Waals surface area contributed by atoms with Gasteiger partial charge in [-0.1, -0.05) is 22.0 Å². The Kier molecular flexibility index (Phi) is 5.05. The van der Waals surface area contributed by atoms with Crippen molar-refractivity contribution in [1.82, 2.24) is 14.9 Å². The molecule has 7 nitrogen and oxygen atoms in total. The lowest BCUT2D eigenvalue weighted by atomic mass is 10.3. The first-order valence-corrected chi connectivity index (χ1v) is 8.29. The van der Waals surface area contributed by atoms with Gasteiger partial charge in [0.2, 0.25) is 12.4 Å². The van der Waals surface area contributed by atoms with Crippen LogP contribution in [0.25, 0.3) is 0 Å². The molecule has 1 aromatic carbocycles. The van der Waals surface area contributed by atoms with Crippen molar-refractivity contribution in [2.75, 3.05) is 36.4 Å². The third-order valence-corrected chi connectivity index (χ3v) is 4.20. The Hall–Kier alpha value is -2.48. The van der Waals surface area contributed by atoms with E-state index in [4.69, 9.17) is 0 Å². The van der Waals surface area contributed by atoms with E-state index in [2.05, 4.69) is 31.2 Å². The quantitative estimate of drug-likeness (QED) is 0.806. The summed E-state index contributed by atoms with van der Waals surface area (Å²) in [6.45, 7) is 2.55. The number of carbonyl (C=O) groups is 2. The minimum Gasteiger partial charge on any atom is -0.342 e. The zero-order valence-electron chi connectivity index (χ0n) is 12.9. The molecule has 0 saturated carbocycles. The average Bonchev–Trinajstić information content (AvgIpc) is 2.62. The van der Waals surface area contributed by atoms with E-state index < -0.39 is 0 Å². The molecule has 1 fully saturated rings. The minimum atomic E-state index is -0.289. The number of rotatable bonds is 4. The molecule has 0 unspecified atom stereocenters. The van der Waals surface area contributed by atoms with Gasteiger partial charge in [0, 0.05) is 42.5 Å². The number of piperazine rings is 1. The van der Waals surface area contributed by atoms with Crippen LogP contribution in [-0.2, 0) is 4.79 Å². The Morgan fingerprint density at radius 1 is 1.21 bits per heavy atom. The molecular weight excluding hydrogens is 374 g/mol. The third-order valence-electron chi connectivity index (χ3n) is 3.70. The number of hydrogen-bond donors (Lipinski definition) is 1. The average molecular weight is 390 g/mol. The summed E-state index contributed by atoms with van der Waals surface area (Å²) >= 11 is 3.37. The molecule has 8 heteroatoms. The molecule has 1 N–H and O–H groups in total. The summed E-state index contributed by atoms with van der Waals surface area (Å²) < 4.78 is 0.886. The van der Waals surface area contributed by atoms with Crippen LogP contribution in [0.2, 0.25) is 0 Å². The molecule has 1 aliphatic heterocycles. The summed E-state index contributed by atoms with van der Waals surface area (Å²) in [5, 5.41) is 2.81. The van der Waals surface area contributed by atoms with Gasteiger partial charge in [0.1, 0.15) is 5.69 Å². The Morgan fingerprint density at radius 3 is 2.71 bits per heavy atom. The Balaban J connectivity index is 1.70. The third kappa shape index (κ3) is 3.88. The minimum absolute atomic E-state index is 0.289. The fourth-order valence-corrected chi connectivity index (χ4v) is 2.82. The molecule has 1 saturated heterocycles. The summed E-state index contributed by atoms with van der Waals surface area (Å²) in [6, 6.07) is 8.94. The lowest BCUT2D eigenvalue weighted by Gasteiger charge is -2.32. The standard InChI is InChI=1S/C16H16BrN5O2/c17-12-2-1-3-13(10-12)19-15(24)14-4-5-18-16(20-14)22-8-6-21(11-23)7-9-22/h1-5,10-11H,6-9H2,(H,19,24). The second-order valence-electron chi connectivity index (χ2n) is 5.33. The number of nitrogens with zero attached hydrogens (tertiary/aromatic N) is 4. The molecule has 24 heavy (non-hydrogen) atoms. The van der Waals surface area contributed by atoms with Crippen LogP contribution in [0.3, 0.4) is 0 Å². The maximum atomic E-state index is 12.4. The first-order chi connectivity index (χ1) is 11.7. The normalized spacial score (nSPS) is 14.4. The molecule has 2 amide bonds. The first-order valence-electron chi connectivity index (χ1n) is 7.50. The van der Waals surface area contributed by atoms with Crippen molar-refractivity contribution in [3.05, 3.63) is 46.7 Å². The number of anilines is 2. The summed E-state index contributed by atoms with van der Waals surface area (Å²) in [6.07, 6.45) is 2.42. The monoisotopic (exact) mass is 389 g/mol. The van der Waals surface area contributed by atoms with E-state index in [1.165, 1.54) is 0 Å². The molecule has 3 rings (SSSR count). The van der Waals surface area contributed by atoms with Crippen molar-refractivity contribution >= 4 is 39.9 Å². The summed E-state index contributed by atoms with van der Waals surface area (Å²) in [5.74, 6) is 0.214. The van der Waals surface area contributed by atoms with Crippen LogP contribution in [0.4, 0.5) is 11.6 Å². The van der Waals surface area contributed by atoms with E-state index in [0.717, 1.165) is 10.9 Å². The van der Waals surface area contributed by atoms with E-state index >= 15 is 0 Å². The van der Waals surface area contributed by atoms with Crippen LogP contribution in [0.1, 0.15) is 10.5 Å². The highest BCUT2D eigenvalue weighted by atomic mass is 79.9. The highest BCUT2D eigenvalue weighted by molar-refractivity contribution is 9.10. The molecule has 0 bridgehead atoms. The molecular formula is C16H16BrN5O2. The largest absolute Gasteiger partial charge is 0.342 e. The lowest BCUT2D eigenvalue weighted by Crippen LogP contribution is -2.46. The van der Waals surface area contributed by atoms with Crippen molar-refractivity contribution in [1.29, 1.82) is 0 Å². The van der Waals surface area contributed by atoms with Crippen LogP contribution in [0, 0.1) is 0 Å². The van der Waals surface area contributed by atoms with E-state index in [0.29, 0.717) is 43.5 Å². The van der Waals surface area contributed by atoms with Crippen molar-refractivity contribution in [3.63, 3.8) is 0 Å². The maximum Gasteiger partial charge on any atom is 0.274 e. The summed E-state index contributed by atoms with van der Waals surface area (Å²) in [7, 11) is 0. The van der Waals surface area contributed by atoms with Crippen LogP contribution < -0.4 is 10.2 Å². The van der Waals surface area contributed by atoms with E-state index in [1.54, 1.807) is 17.2 Å². The van der Waals surface area contributed by atoms with Gasteiger partial charge in [0.25, 0.3) is 5.91 Å². The van der Waals surface area contributed by atoms with Crippen LogP contribution in [-0.4, -0.2) is 53.4 Å². The van der Waals surface area contributed by atoms with Gasteiger partial charge in [-0.2, -0.15) is 0 Å². The zero-order chi connectivity index (χ0) is 16.9. The smallest absolute Gasteiger partial charge is 0.274 e.